The molecule has 10 heteroatoms. The fraction of sp³-hybridized carbons (Fsp3) is 0.444. The number of nitrogens with two attached hydrogens (primary N) is 1. The maximum absolute atomic E-state index is 11.5. The maximum atomic E-state index is 11.5. The summed E-state index contributed by atoms with van der Waals surface area (Å²) in [5.74, 6) is 0.0432. The molecule has 0 fully saturated rings. The highest BCUT2D eigenvalue weighted by Gasteiger charge is 2.08. The highest BCUT2D eigenvalue weighted by Crippen LogP contribution is 2.21. The van der Waals surface area contributed by atoms with Crippen molar-refractivity contribution < 1.29 is 14.5 Å². The summed E-state index contributed by atoms with van der Waals surface area (Å²) in [6.07, 6.45) is 2.07. The lowest BCUT2D eigenvalue weighted by molar-refractivity contribution is 0.161. The zero-order valence-corrected chi connectivity index (χ0v) is 10.9. The summed E-state index contributed by atoms with van der Waals surface area (Å²) in [4.78, 5) is 39.2. The highest BCUT2D eigenvalue weighted by molar-refractivity contribution is 7.44. The van der Waals surface area contributed by atoms with Gasteiger partial charge < -0.3 is 24.8 Å². The van der Waals surface area contributed by atoms with Crippen LogP contribution in [0.15, 0.2) is 11.1 Å². The van der Waals surface area contributed by atoms with Crippen molar-refractivity contribution in [2.24, 2.45) is 0 Å². The first-order valence-corrected chi connectivity index (χ1v) is 6.95. The van der Waals surface area contributed by atoms with Crippen LogP contribution in [0.1, 0.15) is 6.42 Å². The summed E-state index contributed by atoms with van der Waals surface area (Å²) in [5, 5.41) is 0. The number of aromatic amines is 1. The van der Waals surface area contributed by atoms with Gasteiger partial charge in [-0.25, -0.2) is 4.98 Å². The molecule has 0 atom stereocenters. The molecule has 0 aliphatic heterocycles. The third-order valence-electron chi connectivity index (χ3n) is 2.39. The first kappa shape index (κ1) is 13.9. The quantitative estimate of drug-likeness (QED) is 0.409. The van der Waals surface area contributed by atoms with Crippen molar-refractivity contribution in [1.29, 1.82) is 0 Å². The molecule has 0 saturated carbocycles. The first-order valence-electron chi connectivity index (χ1n) is 5.51. The normalized spacial score (nSPS) is 11.5. The van der Waals surface area contributed by atoms with E-state index >= 15 is 0 Å². The van der Waals surface area contributed by atoms with Gasteiger partial charge in [0.05, 0.1) is 6.33 Å². The van der Waals surface area contributed by atoms with Crippen molar-refractivity contribution in [3.8, 4) is 0 Å². The maximum Gasteiger partial charge on any atom is 0.280 e. The third-order valence-corrected chi connectivity index (χ3v) is 2.80. The minimum atomic E-state index is -2.01. The minimum absolute atomic E-state index is 0.0432. The standard InChI is InChI=1S/C9H14N5O4P/c10-9-12-7-6(8(15)13-9)11-4-14(7)2-1-3-18-5-19(16)17/h4,16-17H,1-3,5H2,(H3,10,12,13,15). The third kappa shape index (κ3) is 3.48. The Hall–Kier alpha value is -1.54. The Kier molecular flexibility index (Phi) is 4.43. The largest absolute Gasteiger partial charge is 0.372 e. The molecule has 19 heavy (non-hydrogen) atoms. The average Bonchev–Trinajstić information content (AvgIpc) is 2.72. The van der Waals surface area contributed by atoms with Gasteiger partial charge in [0.25, 0.3) is 5.56 Å². The zero-order chi connectivity index (χ0) is 13.8. The van der Waals surface area contributed by atoms with Gasteiger partial charge >= 0.3 is 0 Å². The van der Waals surface area contributed by atoms with Gasteiger partial charge in [-0.3, -0.25) is 9.78 Å². The van der Waals surface area contributed by atoms with Gasteiger partial charge in [-0.05, 0) is 6.42 Å². The van der Waals surface area contributed by atoms with Crippen LogP contribution in [0.5, 0.6) is 0 Å². The molecule has 0 bridgehead atoms. The molecule has 0 saturated heterocycles. The number of hydrogen-bond donors (Lipinski definition) is 4. The molecular formula is C9H14N5O4P. The van der Waals surface area contributed by atoms with Gasteiger partial charge in [0.2, 0.25) is 5.95 Å². The smallest absolute Gasteiger partial charge is 0.280 e. The Balaban J connectivity index is 2.00. The molecule has 0 aliphatic rings. The van der Waals surface area contributed by atoms with Crippen molar-refractivity contribution in [2.75, 3.05) is 18.7 Å². The average molecular weight is 287 g/mol. The number of H-pyrrole nitrogens is 1. The number of anilines is 1. The van der Waals surface area contributed by atoms with E-state index in [1.807, 2.05) is 0 Å². The van der Waals surface area contributed by atoms with E-state index in [0.29, 0.717) is 25.2 Å². The molecule has 0 aliphatic carbocycles. The van der Waals surface area contributed by atoms with Crippen LogP contribution >= 0.6 is 8.38 Å². The lowest BCUT2D eigenvalue weighted by atomic mass is 10.4. The van der Waals surface area contributed by atoms with E-state index in [4.69, 9.17) is 20.3 Å². The van der Waals surface area contributed by atoms with Crippen LogP contribution in [-0.2, 0) is 11.3 Å². The minimum Gasteiger partial charge on any atom is -0.372 e. The van der Waals surface area contributed by atoms with Crippen LogP contribution in [0, 0.1) is 0 Å². The van der Waals surface area contributed by atoms with Gasteiger partial charge in [0.1, 0.15) is 6.35 Å². The zero-order valence-electron chi connectivity index (χ0n) is 9.98. The molecule has 0 spiro atoms. The molecule has 0 unspecified atom stereocenters. The second-order valence-corrected chi connectivity index (χ2v) is 4.83. The van der Waals surface area contributed by atoms with Crippen molar-refractivity contribution in [3.63, 3.8) is 0 Å². The second kappa shape index (κ2) is 6.07. The Bertz CT molecular complexity index is 610. The molecule has 2 heterocycles. The van der Waals surface area contributed by atoms with E-state index in [0.717, 1.165) is 0 Å². The lowest BCUT2D eigenvalue weighted by Gasteiger charge is -2.06. The predicted octanol–water partition coefficient (Wildman–Crippen LogP) is -0.638. The number of nitrogens with one attached hydrogen (secondary N) is 1. The van der Waals surface area contributed by atoms with Crippen LogP contribution in [-0.4, -0.2) is 42.3 Å². The van der Waals surface area contributed by atoms with E-state index < -0.39 is 8.38 Å². The summed E-state index contributed by atoms with van der Waals surface area (Å²) in [7, 11) is -2.01. The molecule has 5 N–H and O–H groups in total. The molecule has 9 nitrogen and oxygen atoms in total. The van der Waals surface area contributed by atoms with Crippen molar-refractivity contribution in [2.45, 2.75) is 13.0 Å². The van der Waals surface area contributed by atoms with Crippen LogP contribution in [0.25, 0.3) is 11.2 Å². The van der Waals surface area contributed by atoms with E-state index in [9.17, 15) is 4.79 Å². The number of nitrogen functional groups attached to an aromatic ring is 1. The molecule has 0 aromatic carbocycles. The predicted molar refractivity (Wildman–Crippen MR) is 69.4 cm³/mol. The highest BCUT2D eigenvalue weighted by atomic mass is 31.2. The van der Waals surface area contributed by atoms with Crippen LogP contribution in [0.3, 0.4) is 0 Å². The van der Waals surface area contributed by atoms with E-state index in [1.165, 1.54) is 6.33 Å². The van der Waals surface area contributed by atoms with Crippen molar-refractivity contribution >= 4 is 25.5 Å². The van der Waals surface area contributed by atoms with Gasteiger partial charge in [-0.2, -0.15) is 4.98 Å². The van der Waals surface area contributed by atoms with E-state index in [2.05, 4.69) is 15.0 Å². The fourth-order valence-electron chi connectivity index (χ4n) is 1.62. The Morgan fingerprint density at radius 3 is 3.05 bits per heavy atom. The molecule has 0 amide bonds. The summed E-state index contributed by atoms with van der Waals surface area (Å²) >= 11 is 0. The summed E-state index contributed by atoms with van der Waals surface area (Å²) in [6.45, 7) is 0.916. The topological polar surface area (TPSA) is 139 Å². The van der Waals surface area contributed by atoms with Gasteiger partial charge in [-0.15, -0.1) is 0 Å². The number of nitrogens with zero attached hydrogens (tertiary/aromatic N) is 3. The second-order valence-electron chi connectivity index (χ2n) is 3.82. The van der Waals surface area contributed by atoms with Crippen molar-refractivity contribution in [3.05, 3.63) is 16.7 Å². The van der Waals surface area contributed by atoms with E-state index in [-0.39, 0.29) is 23.4 Å². The Morgan fingerprint density at radius 1 is 1.53 bits per heavy atom. The van der Waals surface area contributed by atoms with Crippen molar-refractivity contribution in [1.82, 2.24) is 19.5 Å². The Labute approximate surface area is 109 Å². The SMILES string of the molecule is Nc1nc2c(ncn2CCCOCP(O)O)c(=O)[nH]1. The summed E-state index contributed by atoms with van der Waals surface area (Å²) < 4.78 is 6.73. The number of rotatable bonds is 6. The van der Waals surface area contributed by atoms with E-state index in [1.54, 1.807) is 4.57 Å². The van der Waals surface area contributed by atoms with Crippen LogP contribution in [0.4, 0.5) is 5.95 Å². The molecule has 2 rings (SSSR count). The summed E-state index contributed by atoms with van der Waals surface area (Å²) in [5.41, 5.74) is 5.77. The Morgan fingerprint density at radius 2 is 2.32 bits per heavy atom. The monoisotopic (exact) mass is 287 g/mol. The number of fused-ring (bicyclic) bond motifs is 1. The van der Waals surface area contributed by atoms with Crippen LogP contribution in [0.2, 0.25) is 0 Å². The molecule has 0 radical (unpaired) electrons. The fourth-order valence-corrected chi connectivity index (χ4v) is 1.91. The number of imidazole rings is 1. The van der Waals surface area contributed by atoms with Gasteiger partial charge in [0.15, 0.2) is 19.5 Å². The van der Waals surface area contributed by atoms with Gasteiger partial charge in [0, 0.05) is 13.2 Å². The number of aromatic nitrogens is 4. The number of ether oxygens (including phenoxy) is 1. The first-order chi connectivity index (χ1) is 9.08. The van der Waals surface area contributed by atoms with Crippen LogP contribution < -0.4 is 11.3 Å². The number of hydrogen-bond acceptors (Lipinski definition) is 7. The lowest BCUT2D eigenvalue weighted by Crippen LogP contribution is -2.12. The molecular weight excluding hydrogens is 273 g/mol. The summed E-state index contributed by atoms with van der Waals surface area (Å²) in [6, 6.07) is 0. The molecule has 2 aromatic rings. The molecule has 104 valence electrons. The van der Waals surface area contributed by atoms with Gasteiger partial charge in [-0.1, -0.05) is 0 Å². The number of aryl methyl sites for hydroxylation is 1. The molecule has 2 aromatic heterocycles.